The van der Waals surface area contributed by atoms with E-state index in [9.17, 15) is 19.2 Å². The Labute approximate surface area is 188 Å². The maximum atomic E-state index is 12.8. The number of rotatable bonds is 8. The molecule has 1 unspecified atom stereocenters. The van der Waals surface area contributed by atoms with E-state index < -0.39 is 30.2 Å². The van der Waals surface area contributed by atoms with Gasteiger partial charge in [-0.05, 0) is 28.7 Å². The van der Waals surface area contributed by atoms with Crippen LogP contribution in [0.3, 0.4) is 0 Å². The summed E-state index contributed by atoms with van der Waals surface area (Å²) in [5, 5.41) is 11.5. The summed E-state index contributed by atoms with van der Waals surface area (Å²) in [5.74, 6) is -1.86. The molecule has 0 bridgehead atoms. The summed E-state index contributed by atoms with van der Waals surface area (Å²) in [7, 11) is 2.70. The van der Waals surface area contributed by atoms with Crippen molar-refractivity contribution in [3.05, 3.63) is 59.7 Å². The number of hydrogen-bond acceptors (Lipinski definition) is 5. The average molecular weight is 439 g/mol. The lowest BCUT2D eigenvalue weighted by atomic mass is 9.87. The van der Waals surface area contributed by atoms with E-state index in [4.69, 9.17) is 5.11 Å². The van der Waals surface area contributed by atoms with E-state index in [2.05, 4.69) is 5.32 Å². The van der Waals surface area contributed by atoms with Gasteiger partial charge >= 0.3 is 0 Å². The summed E-state index contributed by atoms with van der Waals surface area (Å²) < 4.78 is 0. The number of aliphatic hydroxyl groups is 1. The second-order valence-electron chi connectivity index (χ2n) is 8.87. The van der Waals surface area contributed by atoms with Crippen LogP contribution in [0.5, 0.6) is 0 Å². The summed E-state index contributed by atoms with van der Waals surface area (Å²) >= 11 is 0. The molecule has 0 spiro atoms. The summed E-state index contributed by atoms with van der Waals surface area (Å²) in [4.78, 5) is 50.1. The molecule has 170 valence electrons. The topological polar surface area (TPSA) is 104 Å². The van der Waals surface area contributed by atoms with E-state index >= 15 is 0 Å². The van der Waals surface area contributed by atoms with E-state index in [1.807, 2.05) is 32.9 Å². The van der Waals surface area contributed by atoms with Crippen molar-refractivity contribution in [1.82, 2.24) is 10.2 Å². The number of carbonyl (C=O) groups is 4. The van der Waals surface area contributed by atoms with Gasteiger partial charge in [0, 0.05) is 31.6 Å². The SMILES string of the molecule is CNC(=O)C(C(=O)CO)N(C)C(=O)c1ccc(-c2ccc(C(=O)CC(C)(C)C)cc2)cc1. The Morgan fingerprint density at radius 2 is 1.38 bits per heavy atom. The highest BCUT2D eigenvalue weighted by molar-refractivity contribution is 6.10. The fourth-order valence-electron chi connectivity index (χ4n) is 3.32. The lowest BCUT2D eigenvalue weighted by molar-refractivity contribution is -0.135. The van der Waals surface area contributed by atoms with Crippen LogP contribution < -0.4 is 5.32 Å². The van der Waals surface area contributed by atoms with Crippen molar-refractivity contribution in [3.63, 3.8) is 0 Å². The quantitative estimate of drug-likeness (QED) is 0.487. The minimum Gasteiger partial charge on any atom is -0.388 e. The summed E-state index contributed by atoms with van der Waals surface area (Å²) in [5.41, 5.74) is 2.62. The average Bonchev–Trinajstić information content (AvgIpc) is 2.77. The molecular formula is C25H30N2O5. The van der Waals surface area contributed by atoms with Gasteiger partial charge in [0.25, 0.3) is 5.91 Å². The number of benzene rings is 2. The van der Waals surface area contributed by atoms with E-state index in [1.165, 1.54) is 14.1 Å². The van der Waals surface area contributed by atoms with Crippen LogP contribution in [0.2, 0.25) is 0 Å². The number of nitrogens with zero attached hydrogens (tertiary/aromatic N) is 1. The third-order valence-corrected chi connectivity index (χ3v) is 5.03. The molecule has 2 N–H and O–H groups in total. The zero-order chi connectivity index (χ0) is 24.1. The molecule has 0 aliphatic rings. The monoisotopic (exact) mass is 438 g/mol. The van der Waals surface area contributed by atoms with E-state index in [1.54, 1.807) is 36.4 Å². The lowest BCUT2D eigenvalue weighted by Crippen LogP contribution is -2.52. The van der Waals surface area contributed by atoms with Gasteiger partial charge in [-0.3, -0.25) is 19.2 Å². The highest BCUT2D eigenvalue weighted by Gasteiger charge is 2.32. The van der Waals surface area contributed by atoms with Crippen molar-refractivity contribution in [2.24, 2.45) is 5.41 Å². The molecule has 0 aliphatic carbocycles. The predicted molar refractivity (Wildman–Crippen MR) is 122 cm³/mol. The normalized spacial score (nSPS) is 12.1. The Morgan fingerprint density at radius 1 is 0.906 bits per heavy atom. The first-order valence-electron chi connectivity index (χ1n) is 10.3. The first kappa shape index (κ1) is 24.9. The summed E-state index contributed by atoms with van der Waals surface area (Å²) in [6.07, 6.45) is 0.465. The number of nitrogens with one attached hydrogen (secondary N) is 1. The van der Waals surface area contributed by atoms with E-state index in [0.29, 0.717) is 17.5 Å². The molecule has 2 rings (SSSR count). The number of ketones is 2. The maximum Gasteiger partial charge on any atom is 0.254 e. The Hall–Kier alpha value is -3.32. The van der Waals surface area contributed by atoms with E-state index in [-0.39, 0.29) is 11.2 Å². The molecule has 2 aromatic rings. The van der Waals surface area contributed by atoms with Crippen LogP contribution in [0.25, 0.3) is 11.1 Å². The van der Waals surface area contributed by atoms with Crippen LogP contribution in [0.4, 0.5) is 0 Å². The molecule has 0 saturated heterocycles. The fraction of sp³-hybridized carbons (Fsp3) is 0.360. The molecule has 2 aromatic carbocycles. The number of hydrogen-bond donors (Lipinski definition) is 2. The molecule has 0 heterocycles. The maximum absolute atomic E-state index is 12.8. The zero-order valence-corrected chi connectivity index (χ0v) is 19.1. The molecule has 2 amide bonds. The van der Waals surface area contributed by atoms with Gasteiger partial charge < -0.3 is 15.3 Å². The first-order valence-corrected chi connectivity index (χ1v) is 10.3. The number of likely N-dealkylation sites (N-methyl/N-ethyl adjacent to an activating group) is 2. The van der Waals surface area contributed by atoms with Gasteiger partial charge in [-0.1, -0.05) is 57.2 Å². The van der Waals surface area contributed by atoms with Crippen LogP contribution >= 0.6 is 0 Å². The molecule has 7 nitrogen and oxygen atoms in total. The number of carbonyl (C=O) groups excluding carboxylic acids is 4. The van der Waals surface area contributed by atoms with Crippen molar-refractivity contribution in [2.45, 2.75) is 33.2 Å². The third kappa shape index (κ3) is 6.11. The van der Waals surface area contributed by atoms with Crippen molar-refractivity contribution in [1.29, 1.82) is 0 Å². The largest absolute Gasteiger partial charge is 0.388 e. The van der Waals surface area contributed by atoms with Crippen LogP contribution in [0, 0.1) is 5.41 Å². The van der Waals surface area contributed by atoms with Gasteiger partial charge in [0.2, 0.25) is 5.91 Å². The molecule has 0 radical (unpaired) electrons. The Morgan fingerprint density at radius 3 is 1.78 bits per heavy atom. The molecular weight excluding hydrogens is 408 g/mol. The van der Waals surface area contributed by atoms with Crippen LogP contribution in [0.15, 0.2) is 48.5 Å². The van der Waals surface area contributed by atoms with Gasteiger partial charge in [-0.2, -0.15) is 0 Å². The minimum absolute atomic E-state index is 0.0795. The third-order valence-electron chi connectivity index (χ3n) is 5.03. The summed E-state index contributed by atoms with van der Waals surface area (Å²) in [6.45, 7) is 5.23. The number of Topliss-reactive ketones (excluding diaryl/α,β-unsaturated/α-hetero) is 2. The number of amides is 2. The van der Waals surface area contributed by atoms with Crippen molar-refractivity contribution >= 4 is 23.4 Å². The van der Waals surface area contributed by atoms with Gasteiger partial charge in [0.15, 0.2) is 17.6 Å². The van der Waals surface area contributed by atoms with Gasteiger partial charge in [-0.25, -0.2) is 0 Å². The van der Waals surface area contributed by atoms with E-state index in [0.717, 1.165) is 16.0 Å². The first-order chi connectivity index (χ1) is 15.0. The molecule has 0 fully saturated rings. The highest BCUT2D eigenvalue weighted by Crippen LogP contribution is 2.24. The second-order valence-corrected chi connectivity index (χ2v) is 8.87. The Kier molecular flexibility index (Phi) is 8.05. The zero-order valence-electron chi connectivity index (χ0n) is 19.1. The second kappa shape index (κ2) is 10.3. The van der Waals surface area contributed by atoms with Crippen LogP contribution in [-0.4, -0.2) is 60.1 Å². The van der Waals surface area contributed by atoms with Crippen LogP contribution in [0.1, 0.15) is 47.9 Å². The molecule has 0 aliphatic heterocycles. The highest BCUT2D eigenvalue weighted by atomic mass is 16.3. The fourth-order valence-corrected chi connectivity index (χ4v) is 3.32. The van der Waals surface area contributed by atoms with Crippen molar-refractivity contribution < 1.29 is 24.3 Å². The molecule has 32 heavy (non-hydrogen) atoms. The van der Waals surface area contributed by atoms with Crippen LogP contribution in [-0.2, 0) is 9.59 Å². The van der Waals surface area contributed by atoms with Gasteiger partial charge in [0.05, 0.1) is 0 Å². The Bertz CT molecular complexity index is 972. The molecule has 1 atom stereocenters. The van der Waals surface area contributed by atoms with Crippen molar-refractivity contribution in [2.75, 3.05) is 20.7 Å². The van der Waals surface area contributed by atoms with Gasteiger partial charge in [-0.15, -0.1) is 0 Å². The molecule has 7 heteroatoms. The molecule has 0 aromatic heterocycles. The summed E-state index contributed by atoms with van der Waals surface area (Å²) in [6, 6.07) is 12.6. The Balaban J connectivity index is 2.18. The van der Waals surface area contributed by atoms with Gasteiger partial charge in [0.1, 0.15) is 6.61 Å². The standard InChI is InChI=1S/C25H30N2O5/c1-25(2,3)14-20(29)18-10-6-16(7-11-18)17-8-12-19(13-9-17)24(32)27(5)22(21(30)15-28)23(31)26-4/h6-13,22,28H,14-15H2,1-5H3,(H,26,31). The molecule has 0 saturated carbocycles. The smallest absolute Gasteiger partial charge is 0.254 e. The lowest BCUT2D eigenvalue weighted by Gasteiger charge is -2.25. The number of aliphatic hydroxyl groups excluding tert-OH is 1. The van der Waals surface area contributed by atoms with Crippen molar-refractivity contribution in [3.8, 4) is 11.1 Å². The minimum atomic E-state index is -1.41. The predicted octanol–water partition coefficient (Wildman–Crippen LogP) is 2.72.